The first-order valence-electron chi connectivity index (χ1n) is 6.45. The zero-order valence-electron chi connectivity index (χ0n) is 11.7. The Bertz CT molecular complexity index is 718. The highest BCUT2D eigenvalue weighted by atomic mass is 35.5. The lowest BCUT2D eigenvalue weighted by atomic mass is 10.1. The van der Waals surface area contributed by atoms with Gasteiger partial charge >= 0.3 is 5.97 Å². The highest BCUT2D eigenvalue weighted by molar-refractivity contribution is 6.33. The van der Waals surface area contributed by atoms with Crippen LogP contribution in [0.3, 0.4) is 0 Å². The minimum Gasteiger partial charge on any atom is -0.452 e. The Morgan fingerprint density at radius 1 is 1.23 bits per heavy atom. The van der Waals surface area contributed by atoms with E-state index in [1.165, 1.54) is 12.1 Å². The van der Waals surface area contributed by atoms with Crippen LogP contribution in [0.2, 0.25) is 5.02 Å². The number of nitrogens with one attached hydrogen (secondary N) is 1. The third-order valence-electron chi connectivity index (χ3n) is 2.89. The summed E-state index contributed by atoms with van der Waals surface area (Å²) in [7, 11) is 0. The third-order valence-corrected chi connectivity index (χ3v) is 3.22. The molecule has 0 heterocycles. The summed E-state index contributed by atoms with van der Waals surface area (Å²) in [5.41, 5.74) is 0.897. The van der Waals surface area contributed by atoms with Gasteiger partial charge in [-0.1, -0.05) is 29.8 Å². The van der Waals surface area contributed by atoms with Gasteiger partial charge in [-0.25, -0.2) is 9.18 Å². The molecule has 0 bridgehead atoms. The zero-order valence-corrected chi connectivity index (χ0v) is 12.5. The van der Waals surface area contributed by atoms with Crippen LogP contribution in [0.1, 0.15) is 15.9 Å². The minimum absolute atomic E-state index is 0.0497. The van der Waals surface area contributed by atoms with Crippen LogP contribution >= 0.6 is 11.6 Å². The molecule has 0 aromatic heterocycles. The molecule has 2 aromatic rings. The summed E-state index contributed by atoms with van der Waals surface area (Å²) in [5, 5.41) is 2.89. The van der Waals surface area contributed by atoms with Crippen LogP contribution in [-0.2, 0) is 9.53 Å². The predicted molar refractivity (Wildman–Crippen MR) is 81.5 cm³/mol. The average molecular weight is 322 g/mol. The first kappa shape index (κ1) is 16.0. The Morgan fingerprint density at radius 2 is 1.95 bits per heavy atom. The van der Waals surface area contributed by atoms with Crippen molar-refractivity contribution in [3.8, 4) is 0 Å². The number of aryl methyl sites for hydroxylation is 1. The van der Waals surface area contributed by atoms with Gasteiger partial charge in [-0.05, 0) is 36.8 Å². The normalized spacial score (nSPS) is 10.1. The number of carbonyl (C=O) groups is 2. The molecule has 0 fully saturated rings. The van der Waals surface area contributed by atoms with E-state index in [2.05, 4.69) is 5.32 Å². The summed E-state index contributed by atoms with van der Waals surface area (Å²) in [6.07, 6.45) is 0. The highest BCUT2D eigenvalue weighted by Gasteiger charge is 2.12. The van der Waals surface area contributed by atoms with Crippen molar-refractivity contribution in [2.75, 3.05) is 11.9 Å². The minimum atomic E-state index is -0.770. The van der Waals surface area contributed by atoms with Gasteiger partial charge in [-0.15, -0.1) is 0 Å². The molecule has 0 saturated heterocycles. The fraction of sp³-hybridized carbons (Fsp3) is 0.125. The van der Waals surface area contributed by atoms with Crippen molar-refractivity contribution in [1.82, 2.24) is 0 Å². The van der Waals surface area contributed by atoms with Gasteiger partial charge in [-0.2, -0.15) is 0 Å². The van der Waals surface area contributed by atoms with E-state index < -0.39 is 24.3 Å². The number of carbonyl (C=O) groups excluding carboxylic acids is 2. The Labute approximate surface area is 131 Å². The third kappa shape index (κ3) is 4.05. The largest absolute Gasteiger partial charge is 0.452 e. The van der Waals surface area contributed by atoms with E-state index >= 15 is 0 Å². The molecule has 0 aliphatic rings. The van der Waals surface area contributed by atoms with Crippen LogP contribution in [0.4, 0.5) is 10.1 Å². The quantitative estimate of drug-likeness (QED) is 0.876. The highest BCUT2D eigenvalue weighted by Crippen LogP contribution is 2.20. The number of halogens is 2. The number of benzene rings is 2. The Hall–Kier alpha value is -2.40. The van der Waals surface area contributed by atoms with Gasteiger partial charge in [0.25, 0.3) is 5.91 Å². The maximum absolute atomic E-state index is 13.4. The molecule has 22 heavy (non-hydrogen) atoms. The first-order chi connectivity index (χ1) is 10.5. The number of hydrogen-bond donors (Lipinski definition) is 1. The van der Waals surface area contributed by atoms with Crippen molar-refractivity contribution in [3.05, 3.63) is 64.4 Å². The molecule has 1 N–H and O–H groups in total. The smallest absolute Gasteiger partial charge is 0.338 e. The number of hydrogen-bond acceptors (Lipinski definition) is 3. The molecule has 0 saturated carbocycles. The number of anilines is 1. The summed E-state index contributed by atoms with van der Waals surface area (Å²) in [5.74, 6) is -1.81. The lowest BCUT2D eigenvalue weighted by molar-refractivity contribution is -0.119. The second-order valence-corrected chi connectivity index (χ2v) is 4.98. The van der Waals surface area contributed by atoms with Crippen LogP contribution in [0.15, 0.2) is 42.5 Å². The van der Waals surface area contributed by atoms with E-state index in [0.717, 1.165) is 6.07 Å². The molecule has 0 aliphatic heterocycles. The topological polar surface area (TPSA) is 55.4 Å². The molecule has 2 aromatic carbocycles. The van der Waals surface area contributed by atoms with Crippen LogP contribution < -0.4 is 5.32 Å². The SMILES string of the molecule is Cc1ccc(C(=O)OCC(=O)Nc2ccccc2Cl)cc1F. The molecule has 0 unspecified atom stereocenters. The van der Waals surface area contributed by atoms with E-state index in [1.807, 2.05) is 0 Å². The van der Waals surface area contributed by atoms with Crippen molar-refractivity contribution in [1.29, 1.82) is 0 Å². The predicted octanol–water partition coefficient (Wildman–Crippen LogP) is 3.58. The fourth-order valence-corrected chi connectivity index (χ4v) is 1.87. The van der Waals surface area contributed by atoms with Gasteiger partial charge in [0, 0.05) is 0 Å². The average Bonchev–Trinajstić information content (AvgIpc) is 2.50. The molecule has 0 atom stereocenters. The van der Waals surface area contributed by atoms with Gasteiger partial charge < -0.3 is 10.1 Å². The second-order valence-electron chi connectivity index (χ2n) is 4.57. The van der Waals surface area contributed by atoms with E-state index in [4.69, 9.17) is 16.3 Å². The molecule has 4 nitrogen and oxygen atoms in total. The van der Waals surface area contributed by atoms with Crippen molar-refractivity contribution < 1.29 is 18.7 Å². The lowest BCUT2D eigenvalue weighted by Crippen LogP contribution is -2.21. The van der Waals surface area contributed by atoms with E-state index in [0.29, 0.717) is 16.3 Å². The van der Waals surface area contributed by atoms with E-state index in [9.17, 15) is 14.0 Å². The number of ether oxygens (including phenoxy) is 1. The fourth-order valence-electron chi connectivity index (χ4n) is 1.68. The Balaban J connectivity index is 1.92. The summed E-state index contributed by atoms with van der Waals surface area (Å²) in [4.78, 5) is 23.4. The zero-order chi connectivity index (χ0) is 16.1. The van der Waals surface area contributed by atoms with Gasteiger partial charge in [0.2, 0.25) is 0 Å². The number of rotatable bonds is 4. The molecule has 0 radical (unpaired) electrons. The Kier molecular flexibility index (Phi) is 5.12. The molecule has 2 rings (SSSR count). The van der Waals surface area contributed by atoms with E-state index in [-0.39, 0.29) is 5.56 Å². The van der Waals surface area contributed by atoms with Gasteiger partial charge in [0.05, 0.1) is 16.3 Å². The molecular weight excluding hydrogens is 309 g/mol. The summed E-state index contributed by atoms with van der Waals surface area (Å²) in [6.45, 7) is 1.10. The van der Waals surface area contributed by atoms with Gasteiger partial charge in [-0.3, -0.25) is 4.79 Å². The van der Waals surface area contributed by atoms with Crippen molar-refractivity contribution >= 4 is 29.2 Å². The second kappa shape index (κ2) is 7.04. The van der Waals surface area contributed by atoms with Crippen molar-refractivity contribution in [2.24, 2.45) is 0 Å². The Morgan fingerprint density at radius 3 is 2.64 bits per heavy atom. The van der Waals surface area contributed by atoms with Crippen molar-refractivity contribution in [3.63, 3.8) is 0 Å². The summed E-state index contributed by atoms with van der Waals surface area (Å²) >= 11 is 5.89. The number of para-hydroxylation sites is 1. The molecule has 6 heteroatoms. The maximum atomic E-state index is 13.4. The van der Waals surface area contributed by atoms with Gasteiger partial charge in [0.1, 0.15) is 5.82 Å². The maximum Gasteiger partial charge on any atom is 0.338 e. The molecule has 114 valence electrons. The lowest BCUT2D eigenvalue weighted by Gasteiger charge is -2.08. The molecule has 1 amide bonds. The summed E-state index contributed by atoms with van der Waals surface area (Å²) < 4.78 is 18.2. The number of amides is 1. The summed E-state index contributed by atoms with van der Waals surface area (Å²) in [6, 6.07) is 10.7. The van der Waals surface area contributed by atoms with Crippen LogP contribution in [0.25, 0.3) is 0 Å². The molecule has 0 aliphatic carbocycles. The van der Waals surface area contributed by atoms with Crippen LogP contribution in [-0.4, -0.2) is 18.5 Å². The molecule has 0 spiro atoms. The van der Waals surface area contributed by atoms with Crippen molar-refractivity contribution in [2.45, 2.75) is 6.92 Å². The van der Waals surface area contributed by atoms with Gasteiger partial charge in [0.15, 0.2) is 6.61 Å². The standard InChI is InChI=1S/C16H13ClFNO3/c1-10-6-7-11(8-13(10)18)16(21)22-9-15(20)19-14-5-3-2-4-12(14)17/h2-8H,9H2,1H3,(H,19,20). The van der Waals surface area contributed by atoms with E-state index in [1.54, 1.807) is 31.2 Å². The number of esters is 1. The van der Waals surface area contributed by atoms with Crippen LogP contribution in [0.5, 0.6) is 0 Å². The molecular formula is C16H13ClFNO3. The monoisotopic (exact) mass is 321 g/mol. The van der Waals surface area contributed by atoms with Crippen LogP contribution in [0, 0.1) is 12.7 Å². The first-order valence-corrected chi connectivity index (χ1v) is 6.83.